The molecule has 3 heteroatoms. The third-order valence-electron chi connectivity index (χ3n) is 4.20. The molecule has 104 valence electrons. The van der Waals surface area contributed by atoms with Crippen LogP contribution in [0.4, 0.5) is 0 Å². The van der Waals surface area contributed by atoms with Crippen LogP contribution in [0, 0.1) is 5.92 Å². The van der Waals surface area contributed by atoms with Gasteiger partial charge >= 0.3 is 5.97 Å². The van der Waals surface area contributed by atoms with E-state index in [4.69, 9.17) is 10.5 Å². The Kier molecular flexibility index (Phi) is 4.59. The fourth-order valence-corrected chi connectivity index (χ4v) is 2.82. The lowest BCUT2D eigenvalue weighted by atomic mass is 9.68. The molecule has 0 aliphatic heterocycles. The van der Waals surface area contributed by atoms with Crippen molar-refractivity contribution >= 4 is 5.97 Å². The van der Waals surface area contributed by atoms with Crippen molar-refractivity contribution in [2.24, 2.45) is 11.7 Å². The van der Waals surface area contributed by atoms with Crippen LogP contribution in [-0.4, -0.2) is 19.1 Å². The Labute approximate surface area is 115 Å². The van der Waals surface area contributed by atoms with Crippen molar-refractivity contribution < 1.29 is 9.53 Å². The summed E-state index contributed by atoms with van der Waals surface area (Å²) in [6, 6.07) is 9.85. The Morgan fingerprint density at radius 1 is 1.37 bits per heavy atom. The molecule has 0 saturated heterocycles. The molecule has 3 nitrogen and oxygen atoms in total. The highest BCUT2D eigenvalue weighted by molar-refractivity contribution is 5.83. The van der Waals surface area contributed by atoms with E-state index in [2.05, 4.69) is 0 Å². The zero-order chi connectivity index (χ0) is 13.7. The molecule has 1 aliphatic carbocycles. The molecule has 1 aromatic carbocycles. The number of ether oxygens (including phenoxy) is 1. The zero-order valence-electron chi connectivity index (χ0n) is 11.6. The SMILES string of the molecule is CCOC(=O)C(CN)(CC1CCC1)c1ccccc1. The van der Waals surface area contributed by atoms with Crippen LogP contribution in [-0.2, 0) is 14.9 Å². The molecule has 2 N–H and O–H groups in total. The van der Waals surface area contributed by atoms with E-state index in [1.807, 2.05) is 37.3 Å². The van der Waals surface area contributed by atoms with E-state index >= 15 is 0 Å². The topological polar surface area (TPSA) is 52.3 Å². The number of esters is 1. The van der Waals surface area contributed by atoms with Crippen LogP contribution in [0.2, 0.25) is 0 Å². The molecule has 2 rings (SSSR count). The predicted molar refractivity (Wildman–Crippen MR) is 75.8 cm³/mol. The summed E-state index contributed by atoms with van der Waals surface area (Å²) in [7, 11) is 0. The van der Waals surface area contributed by atoms with Crippen molar-refractivity contribution in [2.75, 3.05) is 13.2 Å². The van der Waals surface area contributed by atoms with Crippen molar-refractivity contribution in [1.29, 1.82) is 0 Å². The number of nitrogens with two attached hydrogens (primary N) is 1. The summed E-state index contributed by atoms with van der Waals surface area (Å²) in [5, 5.41) is 0. The summed E-state index contributed by atoms with van der Waals surface area (Å²) in [5.41, 5.74) is 6.32. The van der Waals surface area contributed by atoms with Gasteiger partial charge in [-0.25, -0.2) is 0 Å². The first-order valence-electron chi connectivity index (χ1n) is 7.15. The van der Waals surface area contributed by atoms with Crippen molar-refractivity contribution in [1.82, 2.24) is 0 Å². The lowest BCUT2D eigenvalue weighted by molar-refractivity contribution is -0.151. The number of rotatable bonds is 6. The molecular weight excluding hydrogens is 238 g/mol. The summed E-state index contributed by atoms with van der Waals surface area (Å²) in [6.07, 6.45) is 4.48. The summed E-state index contributed by atoms with van der Waals surface area (Å²) in [4.78, 5) is 12.5. The standard InChI is InChI=1S/C16H23NO2/c1-2-19-15(18)16(12-17,11-13-7-6-8-13)14-9-4-3-5-10-14/h3-5,9-10,13H,2,6-8,11-12,17H2,1H3. The first kappa shape index (κ1) is 14.1. The maximum absolute atomic E-state index is 12.5. The van der Waals surface area contributed by atoms with Gasteiger partial charge in [-0.1, -0.05) is 49.6 Å². The largest absolute Gasteiger partial charge is 0.465 e. The van der Waals surface area contributed by atoms with Gasteiger partial charge in [0.2, 0.25) is 0 Å². The van der Waals surface area contributed by atoms with Gasteiger partial charge in [0.25, 0.3) is 0 Å². The Hall–Kier alpha value is -1.35. The van der Waals surface area contributed by atoms with E-state index in [1.165, 1.54) is 19.3 Å². The van der Waals surface area contributed by atoms with Crippen LogP contribution in [0.1, 0.15) is 38.2 Å². The third-order valence-corrected chi connectivity index (χ3v) is 4.20. The molecule has 1 aromatic rings. The average Bonchev–Trinajstić information content (AvgIpc) is 2.40. The molecule has 0 heterocycles. The number of benzene rings is 1. The van der Waals surface area contributed by atoms with Gasteiger partial charge in [0.1, 0.15) is 5.41 Å². The number of hydrogen-bond acceptors (Lipinski definition) is 3. The van der Waals surface area contributed by atoms with Gasteiger partial charge in [-0.3, -0.25) is 4.79 Å². The lowest BCUT2D eigenvalue weighted by Crippen LogP contribution is -2.46. The molecule has 0 radical (unpaired) electrons. The monoisotopic (exact) mass is 261 g/mol. The molecule has 1 saturated carbocycles. The molecule has 0 spiro atoms. The van der Waals surface area contributed by atoms with Crippen LogP contribution in [0.3, 0.4) is 0 Å². The molecule has 1 atom stereocenters. The van der Waals surface area contributed by atoms with Crippen molar-refractivity contribution in [2.45, 2.75) is 38.0 Å². The minimum Gasteiger partial charge on any atom is -0.465 e. The first-order chi connectivity index (χ1) is 9.23. The normalized spacial score (nSPS) is 18.4. The van der Waals surface area contributed by atoms with Gasteiger partial charge < -0.3 is 10.5 Å². The van der Waals surface area contributed by atoms with Gasteiger partial charge in [-0.05, 0) is 24.8 Å². The summed E-state index contributed by atoms with van der Waals surface area (Å²) >= 11 is 0. The van der Waals surface area contributed by atoms with E-state index < -0.39 is 5.41 Å². The van der Waals surface area contributed by atoms with E-state index in [1.54, 1.807) is 0 Å². The van der Waals surface area contributed by atoms with Crippen LogP contribution >= 0.6 is 0 Å². The number of carbonyl (C=O) groups is 1. The maximum Gasteiger partial charge on any atom is 0.317 e. The zero-order valence-corrected chi connectivity index (χ0v) is 11.6. The fourth-order valence-electron chi connectivity index (χ4n) is 2.82. The van der Waals surface area contributed by atoms with Crippen LogP contribution in [0.25, 0.3) is 0 Å². The molecule has 0 amide bonds. The summed E-state index contributed by atoms with van der Waals surface area (Å²) in [5.74, 6) is 0.434. The fraction of sp³-hybridized carbons (Fsp3) is 0.562. The Bertz CT molecular complexity index is 414. The Morgan fingerprint density at radius 3 is 2.53 bits per heavy atom. The van der Waals surface area contributed by atoms with Gasteiger partial charge in [-0.2, -0.15) is 0 Å². The smallest absolute Gasteiger partial charge is 0.317 e. The van der Waals surface area contributed by atoms with Crippen molar-refractivity contribution in [3.63, 3.8) is 0 Å². The molecular formula is C16H23NO2. The second-order valence-electron chi connectivity index (χ2n) is 5.37. The second-order valence-corrected chi connectivity index (χ2v) is 5.37. The van der Waals surface area contributed by atoms with Crippen LogP contribution in [0.15, 0.2) is 30.3 Å². The molecule has 1 fully saturated rings. The van der Waals surface area contributed by atoms with Crippen LogP contribution < -0.4 is 5.73 Å². The first-order valence-corrected chi connectivity index (χ1v) is 7.15. The second kappa shape index (κ2) is 6.20. The van der Waals surface area contributed by atoms with Crippen LogP contribution in [0.5, 0.6) is 0 Å². The van der Waals surface area contributed by atoms with E-state index in [9.17, 15) is 4.79 Å². The molecule has 0 bridgehead atoms. The molecule has 1 unspecified atom stereocenters. The lowest BCUT2D eigenvalue weighted by Gasteiger charge is -2.37. The Morgan fingerprint density at radius 2 is 2.05 bits per heavy atom. The van der Waals surface area contributed by atoms with E-state index in [0.29, 0.717) is 19.1 Å². The average molecular weight is 261 g/mol. The van der Waals surface area contributed by atoms with Gasteiger partial charge in [0, 0.05) is 6.54 Å². The van der Waals surface area contributed by atoms with E-state index in [-0.39, 0.29) is 5.97 Å². The highest BCUT2D eigenvalue weighted by Crippen LogP contribution is 2.40. The quantitative estimate of drug-likeness (QED) is 0.801. The predicted octanol–water partition coefficient (Wildman–Crippen LogP) is 2.64. The highest BCUT2D eigenvalue weighted by Gasteiger charge is 2.43. The molecule has 1 aliphatic rings. The van der Waals surface area contributed by atoms with Crippen molar-refractivity contribution in [3.05, 3.63) is 35.9 Å². The summed E-state index contributed by atoms with van der Waals surface area (Å²) in [6.45, 7) is 2.55. The summed E-state index contributed by atoms with van der Waals surface area (Å²) < 4.78 is 5.30. The van der Waals surface area contributed by atoms with Crippen molar-refractivity contribution in [3.8, 4) is 0 Å². The van der Waals surface area contributed by atoms with Gasteiger partial charge in [0.05, 0.1) is 6.61 Å². The minimum atomic E-state index is -0.664. The molecule has 0 aromatic heterocycles. The van der Waals surface area contributed by atoms with Gasteiger partial charge in [0.15, 0.2) is 0 Å². The number of hydrogen-bond donors (Lipinski definition) is 1. The number of carbonyl (C=O) groups excluding carboxylic acids is 1. The minimum absolute atomic E-state index is 0.171. The molecule has 19 heavy (non-hydrogen) atoms. The maximum atomic E-state index is 12.5. The third kappa shape index (κ3) is 2.81. The highest BCUT2D eigenvalue weighted by atomic mass is 16.5. The van der Waals surface area contributed by atoms with E-state index in [0.717, 1.165) is 12.0 Å². The van der Waals surface area contributed by atoms with Gasteiger partial charge in [-0.15, -0.1) is 0 Å². The Balaban J connectivity index is 2.31.